The minimum atomic E-state index is -0.675. The molecule has 0 heterocycles. The minimum Gasteiger partial charge on any atom is -0.481 e. The molecule has 0 aliphatic carbocycles. The zero-order valence-corrected chi connectivity index (χ0v) is 10.3. The maximum atomic E-state index is 10.2. The first-order valence-electron chi connectivity index (χ1n) is 4.63. The van der Waals surface area contributed by atoms with Gasteiger partial charge in [-0.05, 0) is 18.3 Å². The molecule has 0 spiro atoms. The van der Waals surface area contributed by atoms with Crippen molar-refractivity contribution in [3.05, 3.63) is 0 Å². The Labute approximate surface area is 99.6 Å². The molecule has 0 unspecified atom stereocenters. The Bertz CT molecular complexity index is 144. The summed E-state index contributed by atoms with van der Waals surface area (Å²) in [5.41, 5.74) is 0.392. The summed E-state index contributed by atoms with van der Waals surface area (Å²) in [6.07, 6.45) is 4.53. The zero-order valence-electron chi connectivity index (χ0n) is 9.30. The number of rotatable bonds is 5. The second-order valence-corrected chi connectivity index (χ2v) is 4.52. The smallest absolute Gasteiger partial charge is 0.303 e. The maximum Gasteiger partial charge on any atom is 0.303 e. The Hall–Kier alpha value is 0.0414. The minimum absolute atomic E-state index is 0. The predicted molar refractivity (Wildman–Crippen MR) is 55.9 cm³/mol. The molecule has 0 aromatic rings. The van der Waals surface area contributed by atoms with Gasteiger partial charge in [0.05, 0.1) is 0 Å². The number of hydrogen-bond donors (Lipinski definition) is 1. The van der Waals surface area contributed by atoms with Crippen LogP contribution < -0.4 is 0 Å². The molecule has 4 radical (unpaired) electrons. The Morgan fingerprint density at radius 3 is 2.00 bits per heavy atom. The van der Waals surface area contributed by atoms with E-state index in [9.17, 15) is 4.79 Å². The molecule has 0 fully saturated rings. The SMILES string of the molecule is CC(C)(C)CCCCCC(=O)O.[B].[Co]. The third-order valence-electron chi connectivity index (χ3n) is 1.82. The number of carboxylic acids is 1. The van der Waals surface area contributed by atoms with Gasteiger partial charge in [-0.1, -0.05) is 33.6 Å². The number of carboxylic acid groups (broad SMARTS) is 1. The van der Waals surface area contributed by atoms with E-state index in [1.165, 1.54) is 6.42 Å². The van der Waals surface area contributed by atoms with Gasteiger partial charge < -0.3 is 5.11 Å². The molecule has 0 aromatic heterocycles. The van der Waals surface area contributed by atoms with Crippen LogP contribution in [0.2, 0.25) is 0 Å². The molecule has 0 aliphatic heterocycles. The Morgan fingerprint density at radius 1 is 1.14 bits per heavy atom. The van der Waals surface area contributed by atoms with Crippen molar-refractivity contribution in [3.63, 3.8) is 0 Å². The standard InChI is InChI=1S/C10H20O2.B.Co/c1-10(2,3)8-6-4-5-7-9(11)12;;/h4-8H2,1-3H3,(H,11,12);;. The number of aliphatic carboxylic acids is 1. The fourth-order valence-corrected chi connectivity index (χ4v) is 1.11. The van der Waals surface area contributed by atoms with E-state index >= 15 is 0 Å². The van der Waals surface area contributed by atoms with E-state index in [1.807, 2.05) is 0 Å². The van der Waals surface area contributed by atoms with E-state index in [0.717, 1.165) is 19.3 Å². The summed E-state index contributed by atoms with van der Waals surface area (Å²) in [6.45, 7) is 6.64. The van der Waals surface area contributed by atoms with E-state index < -0.39 is 5.97 Å². The summed E-state index contributed by atoms with van der Waals surface area (Å²) in [4.78, 5) is 10.2. The van der Waals surface area contributed by atoms with Crippen LogP contribution in [0.25, 0.3) is 0 Å². The van der Waals surface area contributed by atoms with Crippen molar-refractivity contribution in [1.82, 2.24) is 0 Å². The van der Waals surface area contributed by atoms with Gasteiger partial charge in [0.2, 0.25) is 0 Å². The van der Waals surface area contributed by atoms with E-state index in [1.54, 1.807) is 0 Å². The fraction of sp³-hybridized carbons (Fsp3) is 0.900. The predicted octanol–water partition coefficient (Wildman–Crippen LogP) is 2.68. The molecule has 0 saturated carbocycles. The monoisotopic (exact) mass is 242 g/mol. The van der Waals surface area contributed by atoms with Crippen LogP contribution in [0.5, 0.6) is 0 Å². The van der Waals surface area contributed by atoms with E-state index in [0.29, 0.717) is 11.8 Å². The molecule has 0 aromatic carbocycles. The maximum absolute atomic E-state index is 10.2. The molecule has 2 nitrogen and oxygen atoms in total. The van der Waals surface area contributed by atoms with Crippen molar-refractivity contribution in [3.8, 4) is 0 Å². The Kier molecular flexibility index (Phi) is 13.4. The molecular formula is C10H20BCoO2. The van der Waals surface area contributed by atoms with Crippen LogP contribution in [0.15, 0.2) is 0 Å². The molecule has 4 heteroatoms. The average molecular weight is 242 g/mol. The van der Waals surface area contributed by atoms with Crippen LogP contribution in [0.4, 0.5) is 0 Å². The molecule has 0 amide bonds. The van der Waals surface area contributed by atoms with Gasteiger partial charge >= 0.3 is 5.97 Å². The van der Waals surface area contributed by atoms with Gasteiger partial charge in [-0.3, -0.25) is 4.79 Å². The van der Waals surface area contributed by atoms with Crippen LogP contribution >= 0.6 is 0 Å². The van der Waals surface area contributed by atoms with Gasteiger partial charge in [-0.25, -0.2) is 0 Å². The van der Waals surface area contributed by atoms with Gasteiger partial charge in [-0.2, -0.15) is 0 Å². The molecule has 84 valence electrons. The quantitative estimate of drug-likeness (QED) is 0.594. The molecule has 14 heavy (non-hydrogen) atoms. The Balaban J connectivity index is -0.000000605. The van der Waals surface area contributed by atoms with E-state index in [2.05, 4.69) is 20.8 Å². The summed E-state index contributed by atoms with van der Waals surface area (Å²) in [6, 6.07) is 0. The summed E-state index contributed by atoms with van der Waals surface area (Å²) in [5, 5.41) is 8.37. The summed E-state index contributed by atoms with van der Waals surface area (Å²) in [5.74, 6) is -0.675. The average Bonchev–Trinajstić information content (AvgIpc) is 1.83. The zero-order chi connectivity index (χ0) is 9.61. The number of carbonyl (C=O) groups is 1. The van der Waals surface area contributed by atoms with Gasteiger partial charge in [-0.15, -0.1) is 0 Å². The first-order chi connectivity index (χ1) is 5.42. The number of hydrogen-bond acceptors (Lipinski definition) is 1. The first-order valence-corrected chi connectivity index (χ1v) is 4.63. The molecule has 1 N–H and O–H groups in total. The fourth-order valence-electron chi connectivity index (χ4n) is 1.11. The molecule has 0 aliphatic rings. The van der Waals surface area contributed by atoms with Crippen LogP contribution in [-0.4, -0.2) is 19.5 Å². The van der Waals surface area contributed by atoms with Gasteiger partial charge in [0, 0.05) is 31.6 Å². The molecule has 0 bridgehead atoms. The number of unbranched alkanes of at least 4 members (excludes halogenated alkanes) is 2. The van der Waals surface area contributed by atoms with Gasteiger partial charge in [0.25, 0.3) is 0 Å². The molecule has 0 atom stereocenters. The normalized spacial score (nSPS) is 9.93. The van der Waals surface area contributed by atoms with Crippen LogP contribution in [0, 0.1) is 5.41 Å². The Morgan fingerprint density at radius 2 is 1.64 bits per heavy atom. The molecule has 0 rings (SSSR count). The van der Waals surface area contributed by atoms with Crippen LogP contribution in [0.1, 0.15) is 52.9 Å². The summed E-state index contributed by atoms with van der Waals surface area (Å²) in [7, 11) is 0. The molecule has 0 saturated heterocycles. The second-order valence-electron chi connectivity index (χ2n) is 4.52. The van der Waals surface area contributed by atoms with Crippen molar-refractivity contribution < 1.29 is 26.7 Å². The summed E-state index contributed by atoms with van der Waals surface area (Å²) < 4.78 is 0. The second kappa shape index (κ2) is 9.59. The van der Waals surface area contributed by atoms with Gasteiger partial charge in [0.15, 0.2) is 0 Å². The first kappa shape index (κ1) is 19.6. The van der Waals surface area contributed by atoms with Crippen molar-refractivity contribution in [2.45, 2.75) is 52.9 Å². The van der Waals surface area contributed by atoms with Crippen molar-refractivity contribution >= 4 is 14.4 Å². The van der Waals surface area contributed by atoms with E-state index in [-0.39, 0.29) is 25.2 Å². The van der Waals surface area contributed by atoms with Crippen molar-refractivity contribution in [2.75, 3.05) is 0 Å². The third-order valence-corrected chi connectivity index (χ3v) is 1.82. The van der Waals surface area contributed by atoms with E-state index in [4.69, 9.17) is 5.11 Å². The van der Waals surface area contributed by atoms with Crippen LogP contribution in [-0.2, 0) is 21.6 Å². The largest absolute Gasteiger partial charge is 0.481 e. The molecular weight excluding hydrogens is 222 g/mol. The van der Waals surface area contributed by atoms with Gasteiger partial charge in [0.1, 0.15) is 0 Å². The third kappa shape index (κ3) is 18.0. The van der Waals surface area contributed by atoms with Crippen molar-refractivity contribution in [1.29, 1.82) is 0 Å². The topological polar surface area (TPSA) is 37.3 Å². The summed E-state index contributed by atoms with van der Waals surface area (Å²) >= 11 is 0. The van der Waals surface area contributed by atoms with Crippen molar-refractivity contribution in [2.24, 2.45) is 5.41 Å². The van der Waals surface area contributed by atoms with Crippen LogP contribution in [0.3, 0.4) is 0 Å².